The molecule has 1 aliphatic rings. The number of nitrogens with zero attached hydrogens (tertiary/aromatic N) is 1. The monoisotopic (exact) mass is 441 g/mol. The molecule has 3 rings (SSSR count). The number of methoxy groups -OCH3 is 3. The van der Waals surface area contributed by atoms with Crippen LogP contribution in [0.3, 0.4) is 0 Å². The number of hydrogen-bond acceptors (Lipinski definition) is 5. The zero-order valence-electron chi connectivity index (χ0n) is 18.3. The van der Waals surface area contributed by atoms with Gasteiger partial charge < -0.3 is 29.7 Å². The number of hydrogen-bond donors (Lipinski definition) is 2. The van der Waals surface area contributed by atoms with Gasteiger partial charge in [0.2, 0.25) is 0 Å². The molecular weight excluding hydrogens is 414 g/mol. The van der Waals surface area contributed by atoms with Crippen LogP contribution in [0.1, 0.15) is 25.5 Å². The number of nitrogens with one attached hydrogen (secondary N) is 2. The molecule has 0 fully saturated rings. The van der Waals surface area contributed by atoms with Gasteiger partial charge in [0.25, 0.3) is 5.91 Å². The number of anilines is 1. The van der Waals surface area contributed by atoms with Crippen molar-refractivity contribution in [3.05, 3.63) is 59.3 Å². The van der Waals surface area contributed by atoms with E-state index in [9.17, 15) is 4.79 Å². The molecule has 0 aromatic heterocycles. The van der Waals surface area contributed by atoms with Crippen molar-refractivity contribution in [2.75, 3.05) is 33.2 Å². The Morgan fingerprint density at radius 1 is 1.10 bits per heavy atom. The second-order valence-electron chi connectivity index (χ2n) is 6.93. The minimum atomic E-state index is -0.478. The number of rotatable bonds is 7. The molecule has 1 amide bonds. The smallest absolute Gasteiger partial charge is 0.255 e. The Balaban J connectivity index is 2.09. The number of ether oxygens (including phenoxy) is 3. The zero-order chi connectivity index (χ0) is 22.5. The molecule has 0 unspecified atom stereocenters. The van der Waals surface area contributed by atoms with Gasteiger partial charge in [-0.25, -0.2) is 0 Å². The first-order valence-corrected chi connectivity index (χ1v) is 10.3. The number of para-hydroxylation sites is 2. The summed E-state index contributed by atoms with van der Waals surface area (Å²) in [7, 11) is 4.75. The van der Waals surface area contributed by atoms with E-state index < -0.39 is 6.04 Å². The summed E-state index contributed by atoms with van der Waals surface area (Å²) in [5, 5.41) is 6.85. The van der Waals surface area contributed by atoms with Gasteiger partial charge in [0.15, 0.2) is 5.11 Å². The van der Waals surface area contributed by atoms with Crippen molar-refractivity contribution >= 4 is 28.9 Å². The van der Waals surface area contributed by atoms with E-state index >= 15 is 0 Å². The minimum absolute atomic E-state index is 0.248. The molecule has 2 aromatic carbocycles. The van der Waals surface area contributed by atoms with Gasteiger partial charge in [-0.15, -0.1) is 0 Å². The molecule has 7 nitrogen and oxygen atoms in total. The lowest BCUT2D eigenvalue weighted by atomic mass is 9.93. The van der Waals surface area contributed by atoms with Crippen LogP contribution >= 0.6 is 12.2 Å². The predicted molar refractivity (Wildman–Crippen MR) is 125 cm³/mol. The quantitative estimate of drug-likeness (QED) is 0.632. The van der Waals surface area contributed by atoms with E-state index in [-0.39, 0.29) is 5.91 Å². The van der Waals surface area contributed by atoms with Crippen LogP contribution in [-0.4, -0.2) is 43.8 Å². The summed E-state index contributed by atoms with van der Waals surface area (Å²) in [5.74, 6) is 1.59. The van der Waals surface area contributed by atoms with Gasteiger partial charge in [-0.2, -0.15) is 0 Å². The van der Waals surface area contributed by atoms with E-state index in [1.165, 1.54) is 0 Å². The maximum absolute atomic E-state index is 13.5. The number of benzene rings is 2. The van der Waals surface area contributed by atoms with Crippen molar-refractivity contribution in [2.45, 2.75) is 19.9 Å². The first-order chi connectivity index (χ1) is 14.9. The van der Waals surface area contributed by atoms with Crippen LogP contribution in [0, 0.1) is 0 Å². The maximum Gasteiger partial charge on any atom is 0.255 e. The predicted octanol–water partition coefficient (Wildman–Crippen LogP) is 3.88. The molecule has 2 aromatic rings. The Morgan fingerprint density at radius 3 is 2.32 bits per heavy atom. The SMILES string of the molecule is CCN1C(=S)N[C@H](c2cc(OC)cc(OC)c2)C(C(=O)Nc2ccccc2OC)=C1C. The highest BCUT2D eigenvalue weighted by molar-refractivity contribution is 7.80. The highest BCUT2D eigenvalue weighted by atomic mass is 32.1. The topological polar surface area (TPSA) is 72.1 Å². The molecule has 0 saturated carbocycles. The normalized spacial score (nSPS) is 16.0. The zero-order valence-corrected chi connectivity index (χ0v) is 19.1. The molecule has 1 atom stereocenters. The van der Waals surface area contributed by atoms with E-state index in [0.717, 1.165) is 11.3 Å². The average Bonchev–Trinajstić information content (AvgIpc) is 2.78. The van der Waals surface area contributed by atoms with Gasteiger partial charge in [-0.3, -0.25) is 4.79 Å². The molecule has 1 aliphatic heterocycles. The van der Waals surface area contributed by atoms with Crippen LogP contribution in [0.5, 0.6) is 17.2 Å². The lowest BCUT2D eigenvalue weighted by molar-refractivity contribution is -0.113. The lowest BCUT2D eigenvalue weighted by Crippen LogP contribution is -2.48. The van der Waals surface area contributed by atoms with Crippen LogP contribution in [0.25, 0.3) is 0 Å². The average molecular weight is 442 g/mol. The van der Waals surface area contributed by atoms with Gasteiger partial charge in [-0.1, -0.05) is 12.1 Å². The first kappa shape index (κ1) is 22.4. The van der Waals surface area contributed by atoms with Crippen molar-refractivity contribution in [3.8, 4) is 17.2 Å². The summed E-state index contributed by atoms with van der Waals surface area (Å²) < 4.78 is 16.2. The molecule has 0 aliphatic carbocycles. The van der Waals surface area contributed by atoms with E-state index in [4.69, 9.17) is 26.4 Å². The van der Waals surface area contributed by atoms with Crippen molar-refractivity contribution in [1.82, 2.24) is 10.2 Å². The third kappa shape index (κ3) is 4.59. The number of thiocarbonyl (C=S) groups is 1. The number of amides is 1. The molecule has 0 bridgehead atoms. The molecule has 31 heavy (non-hydrogen) atoms. The molecule has 0 spiro atoms. The number of carbonyl (C=O) groups is 1. The van der Waals surface area contributed by atoms with Gasteiger partial charge in [0, 0.05) is 18.3 Å². The van der Waals surface area contributed by atoms with Crippen LogP contribution in [0.15, 0.2) is 53.7 Å². The third-order valence-electron chi connectivity index (χ3n) is 5.22. The Kier molecular flexibility index (Phi) is 7.02. The standard InChI is InChI=1S/C23H27N3O4S/c1-6-26-14(2)20(22(27)24-18-9-7-8-10-19(18)30-5)21(25-23(26)31)15-11-16(28-3)13-17(12-15)29-4/h7-13,21H,6H2,1-5H3,(H,24,27)(H,25,31)/t21-/m1/s1. The molecule has 8 heteroatoms. The van der Waals surface area contributed by atoms with E-state index in [1.807, 2.05) is 43.0 Å². The Hall–Kier alpha value is -3.26. The van der Waals surface area contributed by atoms with Crippen molar-refractivity contribution in [3.63, 3.8) is 0 Å². The molecule has 1 heterocycles. The highest BCUT2D eigenvalue weighted by Gasteiger charge is 2.34. The van der Waals surface area contributed by atoms with Gasteiger partial charge in [-0.05, 0) is 55.9 Å². The van der Waals surface area contributed by atoms with Gasteiger partial charge in [0.05, 0.1) is 38.6 Å². The largest absolute Gasteiger partial charge is 0.497 e. The van der Waals surface area contributed by atoms with Crippen molar-refractivity contribution in [1.29, 1.82) is 0 Å². The van der Waals surface area contributed by atoms with E-state index in [2.05, 4.69) is 10.6 Å². The molecular formula is C23H27N3O4S. The first-order valence-electron chi connectivity index (χ1n) is 9.89. The molecule has 0 radical (unpaired) electrons. The van der Waals surface area contributed by atoms with Crippen LogP contribution in [0.4, 0.5) is 5.69 Å². The lowest BCUT2D eigenvalue weighted by Gasteiger charge is -2.37. The molecule has 164 valence electrons. The number of allylic oxidation sites excluding steroid dienone is 1. The van der Waals surface area contributed by atoms with Gasteiger partial charge >= 0.3 is 0 Å². The second-order valence-corrected chi connectivity index (χ2v) is 7.31. The summed E-state index contributed by atoms with van der Waals surface area (Å²) in [6, 6.07) is 12.3. The summed E-state index contributed by atoms with van der Waals surface area (Å²) in [4.78, 5) is 15.4. The second kappa shape index (κ2) is 9.70. The van der Waals surface area contributed by atoms with Crippen molar-refractivity contribution in [2.24, 2.45) is 0 Å². The Bertz CT molecular complexity index is 999. The summed E-state index contributed by atoms with van der Waals surface area (Å²) in [6.45, 7) is 4.53. The van der Waals surface area contributed by atoms with Crippen LogP contribution in [-0.2, 0) is 4.79 Å². The third-order valence-corrected chi connectivity index (χ3v) is 5.56. The van der Waals surface area contributed by atoms with E-state index in [0.29, 0.717) is 40.2 Å². The van der Waals surface area contributed by atoms with Crippen LogP contribution < -0.4 is 24.8 Å². The fourth-order valence-electron chi connectivity index (χ4n) is 3.64. The van der Waals surface area contributed by atoms with Gasteiger partial charge in [0.1, 0.15) is 17.2 Å². The summed E-state index contributed by atoms with van der Waals surface area (Å²) in [6.07, 6.45) is 0. The summed E-state index contributed by atoms with van der Waals surface area (Å²) in [5.41, 5.74) is 2.73. The highest BCUT2D eigenvalue weighted by Crippen LogP contribution is 2.35. The van der Waals surface area contributed by atoms with Crippen molar-refractivity contribution < 1.29 is 19.0 Å². The van der Waals surface area contributed by atoms with E-state index in [1.54, 1.807) is 39.5 Å². The van der Waals surface area contributed by atoms with Crippen LogP contribution in [0.2, 0.25) is 0 Å². The maximum atomic E-state index is 13.5. The minimum Gasteiger partial charge on any atom is -0.497 e. The Labute approximate surface area is 188 Å². The fourth-order valence-corrected chi connectivity index (χ4v) is 4.02. The molecule has 0 saturated heterocycles. The number of carbonyl (C=O) groups excluding carboxylic acids is 1. The Morgan fingerprint density at radius 2 is 1.74 bits per heavy atom. The summed E-state index contributed by atoms with van der Waals surface area (Å²) >= 11 is 5.58. The molecule has 2 N–H and O–H groups in total. The fraction of sp³-hybridized carbons (Fsp3) is 0.304.